The summed E-state index contributed by atoms with van der Waals surface area (Å²) in [7, 11) is 0. The molecule has 0 bridgehead atoms. The van der Waals surface area contributed by atoms with Crippen molar-refractivity contribution in [2.75, 3.05) is 39.4 Å². The van der Waals surface area contributed by atoms with E-state index in [4.69, 9.17) is 10.2 Å². The molecular weight excluding hydrogens is 260 g/mol. The van der Waals surface area contributed by atoms with E-state index in [2.05, 4.69) is 13.2 Å². The van der Waals surface area contributed by atoms with Crippen LogP contribution in [0.1, 0.15) is 13.8 Å². The Labute approximate surface area is 120 Å². The molecule has 116 valence electrons. The number of aliphatic hydroxyl groups excluding tert-OH is 3. The van der Waals surface area contributed by atoms with Gasteiger partial charge in [0.15, 0.2) is 0 Å². The van der Waals surface area contributed by atoms with E-state index in [9.17, 15) is 9.90 Å². The highest BCUT2D eigenvalue weighted by Gasteiger charge is 2.19. The van der Waals surface area contributed by atoms with E-state index >= 15 is 0 Å². The van der Waals surface area contributed by atoms with Gasteiger partial charge in [0.05, 0.1) is 13.2 Å². The molecule has 0 aliphatic heterocycles. The van der Waals surface area contributed by atoms with Gasteiger partial charge in [0.25, 0.3) is 0 Å². The van der Waals surface area contributed by atoms with E-state index in [0.717, 1.165) is 0 Å². The van der Waals surface area contributed by atoms with Gasteiger partial charge in [0.1, 0.15) is 6.23 Å². The molecule has 20 heavy (non-hydrogen) atoms. The summed E-state index contributed by atoms with van der Waals surface area (Å²) in [5.74, 6) is -0.229. The average Bonchev–Trinajstić information content (AvgIpc) is 2.39. The topological polar surface area (TPSA) is 84.2 Å². The first-order valence-corrected chi connectivity index (χ1v) is 6.59. The maximum atomic E-state index is 11.9. The van der Waals surface area contributed by atoms with Crippen molar-refractivity contribution in [1.82, 2.24) is 9.80 Å². The van der Waals surface area contributed by atoms with Gasteiger partial charge in [-0.15, -0.1) is 0 Å². The molecule has 0 aliphatic carbocycles. The Balaban J connectivity index is 4.65. The molecule has 0 aromatic rings. The van der Waals surface area contributed by atoms with Crippen molar-refractivity contribution in [2.45, 2.75) is 20.1 Å². The Kier molecular flexibility index (Phi) is 9.07. The lowest BCUT2D eigenvalue weighted by Gasteiger charge is -2.30. The third kappa shape index (κ3) is 6.29. The van der Waals surface area contributed by atoms with Gasteiger partial charge in [-0.1, -0.05) is 13.2 Å². The van der Waals surface area contributed by atoms with E-state index < -0.39 is 6.23 Å². The van der Waals surface area contributed by atoms with Crippen molar-refractivity contribution in [1.29, 1.82) is 0 Å². The van der Waals surface area contributed by atoms with Gasteiger partial charge in [0, 0.05) is 31.8 Å². The maximum Gasteiger partial charge on any atom is 0.249 e. The summed E-state index contributed by atoms with van der Waals surface area (Å²) in [6, 6.07) is 0. The Bertz CT molecular complexity index is 344. The van der Waals surface area contributed by atoms with Gasteiger partial charge in [-0.05, 0) is 19.4 Å². The van der Waals surface area contributed by atoms with Gasteiger partial charge in [0.2, 0.25) is 5.91 Å². The van der Waals surface area contributed by atoms with Crippen molar-refractivity contribution >= 4 is 5.91 Å². The molecule has 0 aromatic carbocycles. The Hall–Kier alpha value is -1.21. The number of hydrogen-bond donors (Lipinski definition) is 3. The van der Waals surface area contributed by atoms with Gasteiger partial charge in [-0.3, -0.25) is 9.69 Å². The number of carbonyl (C=O) groups is 1. The lowest BCUT2D eigenvalue weighted by molar-refractivity contribution is -0.128. The summed E-state index contributed by atoms with van der Waals surface area (Å²) >= 11 is 0. The first kappa shape index (κ1) is 18.8. The number of aliphatic hydroxyl groups is 3. The third-order valence-electron chi connectivity index (χ3n) is 2.85. The Morgan fingerprint density at radius 3 is 2.00 bits per heavy atom. The fourth-order valence-corrected chi connectivity index (χ4v) is 1.75. The normalized spacial score (nSPS) is 12.3. The van der Waals surface area contributed by atoms with E-state index in [-0.39, 0.29) is 32.2 Å². The fraction of sp³-hybridized carbons (Fsp3) is 0.643. The van der Waals surface area contributed by atoms with Crippen LogP contribution in [0.4, 0.5) is 0 Å². The third-order valence-corrected chi connectivity index (χ3v) is 2.85. The van der Waals surface area contributed by atoms with Crippen LogP contribution in [0.25, 0.3) is 0 Å². The Morgan fingerprint density at radius 1 is 1.05 bits per heavy atom. The fourth-order valence-electron chi connectivity index (χ4n) is 1.75. The molecule has 0 rings (SSSR count). The molecule has 6 heteroatoms. The van der Waals surface area contributed by atoms with Crippen LogP contribution in [0.3, 0.4) is 0 Å². The number of carbonyl (C=O) groups excluding carboxylic acids is 1. The predicted molar refractivity (Wildman–Crippen MR) is 78.0 cm³/mol. The highest BCUT2D eigenvalue weighted by molar-refractivity contribution is 5.92. The number of amides is 1. The van der Waals surface area contributed by atoms with E-state index in [0.29, 0.717) is 24.2 Å². The monoisotopic (exact) mass is 286 g/mol. The SMILES string of the molecule is C=C(C)C(=O)N(CCO)CCN(CCO)C(O)C(=C)C. The molecular formula is C14H26N2O4. The van der Waals surface area contributed by atoms with Gasteiger partial charge < -0.3 is 20.2 Å². The van der Waals surface area contributed by atoms with Crippen LogP contribution in [0.2, 0.25) is 0 Å². The van der Waals surface area contributed by atoms with Crippen LogP contribution >= 0.6 is 0 Å². The standard InChI is InChI=1S/C14H26N2O4/c1-11(2)13(19)15(7-9-17)5-6-16(8-10-18)14(20)12(3)4/h13,17-19H,1,3,5-10H2,2,4H3. The van der Waals surface area contributed by atoms with Crippen molar-refractivity contribution in [3.05, 3.63) is 24.3 Å². The van der Waals surface area contributed by atoms with Crippen LogP contribution in [-0.4, -0.2) is 76.6 Å². The summed E-state index contributed by atoms with van der Waals surface area (Å²) in [5.41, 5.74) is 0.964. The lowest BCUT2D eigenvalue weighted by atomic mass is 10.2. The molecule has 0 fully saturated rings. The van der Waals surface area contributed by atoms with Crippen molar-refractivity contribution in [3.8, 4) is 0 Å². The van der Waals surface area contributed by atoms with Crippen LogP contribution in [0.5, 0.6) is 0 Å². The number of hydrogen-bond acceptors (Lipinski definition) is 5. The second kappa shape index (κ2) is 9.66. The molecule has 0 spiro atoms. The average molecular weight is 286 g/mol. The van der Waals surface area contributed by atoms with E-state index in [1.165, 1.54) is 4.90 Å². The second-order valence-corrected chi connectivity index (χ2v) is 4.78. The number of rotatable bonds is 10. The van der Waals surface area contributed by atoms with Crippen LogP contribution < -0.4 is 0 Å². The predicted octanol–water partition coefficient (Wildman–Crippen LogP) is -0.428. The molecule has 0 aromatic heterocycles. The summed E-state index contributed by atoms with van der Waals surface area (Å²) in [4.78, 5) is 15.0. The smallest absolute Gasteiger partial charge is 0.249 e. The van der Waals surface area contributed by atoms with Gasteiger partial charge >= 0.3 is 0 Å². The second-order valence-electron chi connectivity index (χ2n) is 4.78. The zero-order valence-corrected chi connectivity index (χ0v) is 12.4. The summed E-state index contributed by atoms with van der Waals surface area (Å²) in [6.45, 7) is 11.5. The Morgan fingerprint density at radius 2 is 1.60 bits per heavy atom. The highest BCUT2D eigenvalue weighted by Crippen LogP contribution is 2.06. The van der Waals surface area contributed by atoms with Gasteiger partial charge in [-0.2, -0.15) is 0 Å². The molecule has 0 saturated heterocycles. The molecule has 0 aliphatic rings. The minimum absolute atomic E-state index is 0.0984. The highest BCUT2D eigenvalue weighted by atomic mass is 16.3. The molecule has 0 saturated carbocycles. The first-order chi connectivity index (χ1) is 9.34. The van der Waals surface area contributed by atoms with Crippen molar-refractivity contribution < 1.29 is 20.1 Å². The quantitative estimate of drug-likeness (QED) is 0.288. The molecule has 0 heterocycles. The van der Waals surface area contributed by atoms with Crippen LogP contribution in [0, 0.1) is 0 Å². The van der Waals surface area contributed by atoms with Crippen molar-refractivity contribution in [3.63, 3.8) is 0 Å². The van der Waals surface area contributed by atoms with E-state index in [1.807, 2.05) is 0 Å². The maximum absolute atomic E-state index is 11.9. The molecule has 6 nitrogen and oxygen atoms in total. The zero-order valence-electron chi connectivity index (χ0n) is 12.4. The van der Waals surface area contributed by atoms with Crippen molar-refractivity contribution in [2.24, 2.45) is 0 Å². The van der Waals surface area contributed by atoms with Gasteiger partial charge in [-0.25, -0.2) is 0 Å². The molecule has 1 atom stereocenters. The zero-order chi connectivity index (χ0) is 15.7. The summed E-state index contributed by atoms with van der Waals surface area (Å²) in [5, 5.41) is 28.0. The van der Waals surface area contributed by atoms with Crippen LogP contribution in [-0.2, 0) is 4.79 Å². The lowest BCUT2D eigenvalue weighted by Crippen LogP contribution is -2.45. The summed E-state index contributed by atoms with van der Waals surface area (Å²) < 4.78 is 0. The van der Waals surface area contributed by atoms with Crippen LogP contribution in [0.15, 0.2) is 24.3 Å². The molecule has 1 unspecified atom stereocenters. The minimum atomic E-state index is -0.863. The summed E-state index contributed by atoms with van der Waals surface area (Å²) in [6.07, 6.45) is -0.863. The largest absolute Gasteiger partial charge is 0.395 e. The van der Waals surface area contributed by atoms with E-state index in [1.54, 1.807) is 18.7 Å². The first-order valence-electron chi connectivity index (χ1n) is 6.59. The molecule has 3 N–H and O–H groups in total. The molecule has 1 amide bonds. The minimum Gasteiger partial charge on any atom is -0.395 e. The molecule has 0 radical (unpaired) electrons. The number of nitrogens with zero attached hydrogens (tertiary/aromatic N) is 2.